The average molecular weight is 210 g/mol. The summed E-state index contributed by atoms with van der Waals surface area (Å²) in [6.45, 7) is 16.0. The van der Waals surface area contributed by atoms with Gasteiger partial charge in [-0.15, -0.1) is 0 Å². The first-order valence-electron chi connectivity index (χ1n) is 6.37. The van der Waals surface area contributed by atoms with E-state index in [0.29, 0.717) is 11.0 Å². The van der Waals surface area contributed by atoms with E-state index in [9.17, 15) is 0 Å². The molecule has 88 valence electrons. The average Bonchev–Trinajstić information content (AvgIpc) is 2.50. The van der Waals surface area contributed by atoms with Crippen molar-refractivity contribution in [3.63, 3.8) is 0 Å². The second-order valence-electron chi connectivity index (χ2n) is 6.82. The molecule has 0 saturated carbocycles. The predicted octanol–water partition coefficient (Wildman–Crippen LogP) is 2.20. The zero-order valence-corrected chi connectivity index (χ0v) is 10.8. The maximum atomic E-state index is 2.65. The second-order valence-corrected chi connectivity index (χ2v) is 6.82. The molecule has 2 heterocycles. The van der Waals surface area contributed by atoms with Crippen LogP contribution in [0.4, 0.5) is 0 Å². The SMILES string of the molecule is CC1(CN2CCCC2)CN(C(C)(C)C)C1. The lowest BCUT2D eigenvalue weighted by Crippen LogP contribution is -2.64. The summed E-state index contributed by atoms with van der Waals surface area (Å²) in [5, 5.41) is 0. The molecule has 2 aliphatic heterocycles. The van der Waals surface area contributed by atoms with Gasteiger partial charge in [-0.05, 0) is 46.7 Å². The van der Waals surface area contributed by atoms with Gasteiger partial charge in [-0.2, -0.15) is 0 Å². The summed E-state index contributed by atoms with van der Waals surface area (Å²) in [4.78, 5) is 5.25. The lowest BCUT2D eigenvalue weighted by atomic mass is 9.78. The molecule has 2 nitrogen and oxygen atoms in total. The molecule has 2 fully saturated rings. The summed E-state index contributed by atoms with van der Waals surface area (Å²) in [5.74, 6) is 0. The summed E-state index contributed by atoms with van der Waals surface area (Å²) in [5.41, 5.74) is 0.933. The predicted molar refractivity (Wildman–Crippen MR) is 65.1 cm³/mol. The molecule has 2 heteroatoms. The number of rotatable bonds is 2. The van der Waals surface area contributed by atoms with Crippen LogP contribution >= 0.6 is 0 Å². The van der Waals surface area contributed by atoms with Gasteiger partial charge < -0.3 is 4.90 Å². The van der Waals surface area contributed by atoms with Crippen LogP contribution in [0.3, 0.4) is 0 Å². The van der Waals surface area contributed by atoms with Crippen molar-refractivity contribution >= 4 is 0 Å². The van der Waals surface area contributed by atoms with Crippen molar-refractivity contribution in [2.75, 3.05) is 32.7 Å². The summed E-state index contributed by atoms with van der Waals surface area (Å²) in [6.07, 6.45) is 2.83. The lowest BCUT2D eigenvalue weighted by Gasteiger charge is -2.55. The Hall–Kier alpha value is -0.0800. The Kier molecular flexibility index (Phi) is 2.85. The summed E-state index contributed by atoms with van der Waals surface area (Å²) in [6, 6.07) is 0. The van der Waals surface area contributed by atoms with Gasteiger partial charge in [-0.3, -0.25) is 4.90 Å². The van der Waals surface area contributed by atoms with E-state index in [1.807, 2.05) is 0 Å². The molecule has 0 amide bonds. The minimum absolute atomic E-state index is 0.366. The van der Waals surface area contributed by atoms with Gasteiger partial charge in [0.25, 0.3) is 0 Å². The van der Waals surface area contributed by atoms with Crippen LogP contribution in [0.5, 0.6) is 0 Å². The van der Waals surface area contributed by atoms with Crippen molar-refractivity contribution < 1.29 is 0 Å². The highest BCUT2D eigenvalue weighted by Gasteiger charge is 2.44. The zero-order chi connectivity index (χ0) is 11.1. The lowest BCUT2D eigenvalue weighted by molar-refractivity contribution is -0.0617. The first-order chi connectivity index (χ1) is 6.89. The van der Waals surface area contributed by atoms with Gasteiger partial charge in [-0.25, -0.2) is 0 Å². The minimum atomic E-state index is 0.366. The highest BCUT2D eigenvalue weighted by molar-refractivity contribution is 4.98. The fraction of sp³-hybridized carbons (Fsp3) is 1.00. The van der Waals surface area contributed by atoms with Crippen LogP contribution in [0.15, 0.2) is 0 Å². The third kappa shape index (κ3) is 2.54. The zero-order valence-electron chi connectivity index (χ0n) is 10.8. The fourth-order valence-corrected chi connectivity index (χ4v) is 2.93. The van der Waals surface area contributed by atoms with E-state index >= 15 is 0 Å². The van der Waals surface area contributed by atoms with Crippen molar-refractivity contribution in [2.45, 2.75) is 46.1 Å². The van der Waals surface area contributed by atoms with Crippen LogP contribution in [0.2, 0.25) is 0 Å². The normalized spacial score (nSPS) is 28.0. The molecule has 0 atom stereocenters. The standard InChI is InChI=1S/C13H26N2/c1-12(2,3)15-10-13(4,11-15)9-14-7-5-6-8-14/h5-11H2,1-4H3. The van der Waals surface area contributed by atoms with E-state index in [0.717, 1.165) is 0 Å². The molecule has 2 saturated heterocycles. The van der Waals surface area contributed by atoms with E-state index in [1.54, 1.807) is 0 Å². The second kappa shape index (κ2) is 3.74. The molecule has 2 rings (SSSR count). The van der Waals surface area contributed by atoms with Gasteiger partial charge in [0.05, 0.1) is 0 Å². The third-order valence-corrected chi connectivity index (χ3v) is 3.90. The van der Waals surface area contributed by atoms with E-state index in [2.05, 4.69) is 37.5 Å². The van der Waals surface area contributed by atoms with Gasteiger partial charge in [0.2, 0.25) is 0 Å². The Morgan fingerprint density at radius 1 is 1.07 bits per heavy atom. The van der Waals surface area contributed by atoms with Crippen LogP contribution in [0, 0.1) is 5.41 Å². The van der Waals surface area contributed by atoms with Gasteiger partial charge >= 0.3 is 0 Å². The molecular weight excluding hydrogens is 184 g/mol. The smallest absolute Gasteiger partial charge is 0.0125 e. The first kappa shape index (κ1) is 11.4. The summed E-state index contributed by atoms with van der Waals surface area (Å²) >= 11 is 0. The van der Waals surface area contributed by atoms with E-state index in [4.69, 9.17) is 0 Å². The van der Waals surface area contributed by atoms with Crippen LogP contribution in [0.25, 0.3) is 0 Å². The Labute approximate surface area is 94.6 Å². The molecule has 0 aromatic heterocycles. The van der Waals surface area contributed by atoms with Crippen molar-refractivity contribution in [2.24, 2.45) is 5.41 Å². The van der Waals surface area contributed by atoms with Crippen LogP contribution in [-0.4, -0.2) is 48.1 Å². The van der Waals surface area contributed by atoms with Gasteiger partial charge in [0, 0.05) is 30.6 Å². The summed E-state index contributed by atoms with van der Waals surface area (Å²) < 4.78 is 0. The molecular formula is C13H26N2. The van der Waals surface area contributed by atoms with Crippen LogP contribution in [-0.2, 0) is 0 Å². The monoisotopic (exact) mass is 210 g/mol. The minimum Gasteiger partial charge on any atom is -0.303 e. The van der Waals surface area contributed by atoms with Crippen LogP contribution in [0.1, 0.15) is 40.5 Å². The third-order valence-electron chi connectivity index (χ3n) is 3.90. The Morgan fingerprint density at radius 2 is 1.60 bits per heavy atom. The quantitative estimate of drug-likeness (QED) is 0.689. The molecule has 0 N–H and O–H groups in total. The van der Waals surface area contributed by atoms with Gasteiger partial charge in [-0.1, -0.05) is 6.92 Å². The largest absolute Gasteiger partial charge is 0.303 e. The molecule has 0 bridgehead atoms. The van der Waals surface area contributed by atoms with Gasteiger partial charge in [0.15, 0.2) is 0 Å². The molecule has 0 aliphatic carbocycles. The molecule has 0 radical (unpaired) electrons. The number of nitrogens with zero attached hydrogens (tertiary/aromatic N) is 2. The van der Waals surface area contributed by atoms with Crippen molar-refractivity contribution in [3.05, 3.63) is 0 Å². The molecule has 15 heavy (non-hydrogen) atoms. The molecule has 0 spiro atoms. The van der Waals surface area contributed by atoms with Crippen molar-refractivity contribution in [1.29, 1.82) is 0 Å². The molecule has 2 aliphatic rings. The maximum Gasteiger partial charge on any atom is 0.0125 e. The van der Waals surface area contributed by atoms with Crippen LogP contribution < -0.4 is 0 Å². The number of likely N-dealkylation sites (tertiary alicyclic amines) is 2. The maximum absolute atomic E-state index is 2.65. The Morgan fingerprint density at radius 3 is 2.07 bits per heavy atom. The molecule has 0 aromatic carbocycles. The van der Waals surface area contributed by atoms with Gasteiger partial charge in [0.1, 0.15) is 0 Å². The number of hydrogen-bond acceptors (Lipinski definition) is 2. The Balaban J connectivity index is 1.80. The van der Waals surface area contributed by atoms with Crippen molar-refractivity contribution in [1.82, 2.24) is 9.80 Å². The first-order valence-corrected chi connectivity index (χ1v) is 6.37. The van der Waals surface area contributed by atoms with Crippen molar-refractivity contribution in [3.8, 4) is 0 Å². The summed E-state index contributed by atoms with van der Waals surface area (Å²) in [7, 11) is 0. The Bertz CT molecular complexity index is 217. The highest BCUT2D eigenvalue weighted by Crippen LogP contribution is 2.36. The van der Waals surface area contributed by atoms with E-state index < -0.39 is 0 Å². The molecule has 0 unspecified atom stereocenters. The topological polar surface area (TPSA) is 6.48 Å². The fourth-order valence-electron chi connectivity index (χ4n) is 2.93. The van der Waals surface area contributed by atoms with E-state index in [-0.39, 0.29) is 0 Å². The molecule has 0 aromatic rings. The van der Waals surface area contributed by atoms with E-state index in [1.165, 1.54) is 45.6 Å². The number of hydrogen-bond donors (Lipinski definition) is 0. The highest BCUT2D eigenvalue weighted by atomic mass is 15.3.